The molecule has 1 amide bonds. The van der Waals surface area contributed by atoms with E-state index in [4.69, 9.17) is 11.6 Å². The minimum atomic E-state index is -0.383. The number of halogens is 3. The first-order valence-corrected chi connectivity index (χ1v) is 10.8. The maximum atomic E-state index is 13.4. The highest BCUT2D eigenvalue weighted by molar-refractivity contribution is 7.99. The molecule has 1 aromatic heterocycles. The molecule has 3 aromatic carbocycles. The maximum Gasteiger partial charge on any atom is 0.234 e. The van der Waals surface area contributed by atoms with Crippen LogP contribution in [0.1, 0.15) is 0 Å². The zero-order valence-corrected chi connectivity index (χ0v) is 18.0. The number of carbonyl (C=O) groups is 1. The first-order valence-electron chi connectivity index (χ1n) is 9.43. The Morgan fingerprint density at radius 1 is 0.875 bits per heavy atom. The number of aromatic nitrogens is 3. The van der Waals surface area contributed by atoms with Gasteiger partial charge in [-0.1, -0.05) is 29.4 Å². The van der Waals surface area contributed by atoms with E-state index in [1.165, 1.54) is 24.3 Å². The van der Waals surface area contributed by atoms with Crippen LogP contribution in [0.25, 0.3) is 22.5 Å². The molecule has 160 valence electrons. The molecule has 0 bridgehead atoms. The normalized spacial score (nSPS) is 10.7. The summed E-state index contributed by atoms with van der Waals surface area (Å²) in [6.07, 6.45) is 0. The third kappa shape index (κ3) is 5.46. The van der Waals surface area contributed by atoms with E-state index in [0.29, 0.717) is 33.2 Å². The number of carbonyl (C=O) groups excluding carboxylic acids is 1. The first kappa shape index (κ1) is 21.9. The Morgan fingerprint density at radius 3 is 2.12 bits per heavy atom. The molecule has 0 aliphatic heterocycles. The molecule has 0 atom stereocenters. The van der Waals surface area contributed by atoms with Gasteiger partial charge in [-0.25, -0.2) is 13.8 Å². The molecule has 4 aromatic rings. The molecule has 0 radical (unpaired) electrons. The number of benzene rings is 3. The number of hydrogen-bond acceptors (Lipinski definition) is 5. The van der Waals surface area contributed by atoms with E-state index in [1.807, 2.05) is 0 Å². The number of nitrogens with one attached hydrogen (secondary N) is 1. The Balaban J connectivity index is 1.58. The minimum absolute atomic E-state index is 0.0486. The molecule has 0 aliphatic rings. The summed E-state index contributed by atoms with van der Waals surface area (Å²) in [5, 5.41) is 11.9. The van der Waals surface area contributed by atoms with Gasteiger partial charge in [0, 0.05) is 21.8 Å². The van der Waals surface area contributed by atoms with Crippen molar-refractivity contribution in [2.75, 3.05) is 11.1 Å². The fourth-order valence-electron chi connectivity index (χ4n) is 2.88. The maximum absolute atomic E-state index is 13.4. The van der Waals surface area contributed by atoms with Crippen LogP contribution in [0.15, 0.2) is 78.0 Å². The fraction of sp³-hybridized carbons (Fsp3) is 0.0435. The summed E-state index contributed by atoms with van der Waals surface area (Å²) in [5.74, 6) is -0.971. The molecule has 0 saturated carbocycles. The van der Waals surface area contributed by atoms with E-state index in [2.05, 4.69) is 20.5 Å². The van der Waals surface area contributed by atoms with Crippen LogP contribution in [0.3, 0.4) is 0 Å². The Kier molecular flexibility index (Phi) is 6.72. The number of amides is 1. The first-order chi connectivity index (χ1) is 15.5. The zero-order valence-electron chi connectivity index (χ0n) is 16.4. The lowest BCUT2D eigenvalue weighted by Gasteiger charge is -2.10. The molecule has 0 spiro atoms. The van der Waals surface area contributed by atoms with Gasteiger partial charge in [0.25, 0.3) is 0 Å². The van der Waals surface area contributed by atoms with Crippen LogP contribution in [0.2, 0.25) is 5.02 Å². The van der Waals surface area contributed by atoms with Gasteiger partial charge in [-0.3, -0.25) is 4.79 Å². The number of hydrogen-bond donors (Lipinski definition) is 1. The summed E-state index contributed by atoms with van der Waals surface area (Å²) in [4.78, 5) is 16.8. The minimum Gasteiger partial charge on any atom is -0.325 e. The number of nitrogens with zero attached hydrogens (tertiary/aromatic N) is 3. The standard InChI is InChI=1S/C23H15ClF2N4OS/c24-16-2-1-3-19(12-16)27-20(31)13-32-23-28-21(14-4-8-17(25)9-5-14)22(29-30-23)15-6-10-18(26)11-7-15/h1-12H,13H2,(H,27,31). The number of rotatable bonds is 6. The van der Waals surface area contributed by atoms with E-state index >= 15 is 0 Å². The molecule has 32 heavy (non-hydrogen) atoms. The largest absolute Gasteiger partial charge is 0.325 e. The SMILES string of the molecule is O=C(CSc1nnc(-c2ccc(F)cc2)c(-c2ccc(F)cc2)n1)Nc1cccc(Cl)c1. The molecule has 0 aliphatic carbocycles. The van der Waals surface area contributed by atoms with Gasteiger partial charge in [-0.15, -0.1) is 10.2 Å². The molecule has 1 heterocycles. The molecule has 1 N–H and O–H groups in total. The summed E-state index contributed by atoms with van der Waals surface area (Å²) in [5.41, 5.74) is 2.68. The van der Waals surface area contributed by atoms with Gasteiger partial charge in [0.1, 0.15) is 23.0 Å². The smallest absolute Gasteiger partial charge is 0.234 e. The Bertz CT molecular complexity index is 1250. The van der Waals surface area contributed by atoms with Gasteiger partial charge >= 0.3 is 0 Å². The van der Waals surface area contributed by atoms with E-state index in [9.17, 15) is 13.6 Å². The molecule has 9 heteroatoms. The van der Waals surface area contributed by atoms with Crippen molar-refractivity contribution in [3.8, 4) is 22.5 Å². The molecular formula is C23H15ClF2N4OS. The van der Waals surface area contributed by atoms with Crippen molar-refractivity contribution in [3.63, 3.8) is 0 Å². The van der Waals surface area contributed by atoms with Crippen LogP contribution in [0, 0.1) is 11.6 Å². The average Bonchev–Trinajstić information content (AvgIpc) is 2.79. The second-order valence-electron chi connectivity index (χ2n) is 6.65. The van der Waals surface area contributed by atoms with Crippen molar-refractivity contribution in [1.82, 2.24) is 15.2 Å². The van der Waals surface area contributed by atoms with Crippen molar-refractivity contribution in [1.29, 1.82) is 0 Å². The average molecular weight is 469 g/mol. The summed E-state index contributed by atoms with van der Waals surface area (Å²) in [6, 6.07) is 18.4. The second kappa shape index (κ2) is 9.84. The lowest BCUT2D eigenvalue weighted by Crippen LogP contribution is -2.14. The zero-order chi connectivity index (χ0) is 22.5. The monoisotopic (exact) mass is 468 g/mol. The van der Waals surface area contributed by atoms with E-state index in [1.54, 1.807) is 48.5 Å². The van der Waals surface area contributed by atoms with Crippen LogP contribution >= 0.6 is 23.4 Å². The highest BCUT2D eigenvalue weighted by atomic mass is 35.5. The topological polar surface area (TPSA) is 67.8 Å². The van der Waals surface area contributed by atoms with Gasteiger partial charge in [-0.2, -0.15) is 0 Å². The summed E-state index contributed by atoms with van der Waals surface area (Å²) in [6.45, 7) is 0. The Labute approximate surface area is 191 Å². The van der Waals surface area contributed by atoms with Gasteiger partial charge in [-0.05, 0) is 66.7 Å². The van der Waals surface area contributed by atoms with Crippen LogP contribution in [0.5, 0.6) is 0 Å². The molecule has 0 saturated heterocycles. The lowest BCUT2D eigenvalue weighted by atomic mass is 10.0. The second-order valence-corrected chi connectivity index (χ2v) is 8.03. The molecule has 0 fully saturated rings. The molecular weight excluding hydrogens is 454 g/mol. The van der Waals surface area contributed by atoms with Gasteiger partial charge in [0.05, 0.1) is 5.75 Å². The Morgan fingerprint density at radius 2 is 1.50 bits per heavy atom. The van der Waals surface area contributed by atoms with E-state index < -0.39 is 0 Å². The highest BCUT2D eigenvalue weighted by Gasteiger charge is 2.15. The van der Waals surface area contributed by atoms with E-state index in [-0.39, 0.29) is 28.5 Å². The fourth-order valence-corrected chi connectivity index (χ4v) is 3.65. The molecule has 4 rings (SSSR count). The van der Waals surface area contributed by atoms with Crippen molar-refractivity contribution >= 4 is 35.0 Å². The van der Waals surface area contributed by atoms with Crippen molar-refractivity contribution < 1.29 is 13.6 Å². The number of anilines is 1. The third-order valence-electron chi connectivity index (χ3n) is 4.34. The van der Waals surface area contributed by atoms with Crippen molar-refractivity contribution in [3.05, 3.63) is 89.5 Å². The van der Waals surface area contributed by atoms with E-state index in [0.717, 1.165) is 11.8 Å². The van der Waals surface area contributed by atoms with Crippen LogP contribution < -0.4 is 5.32 Å². The summed E-state index contributed by atoms with van der Waals surface area (Å²) in [7, 11) is 0. The van der Waals surface area contributed by atoms with Crippen LogP contribution in [-0.4, -0.2) is 26.8 Å². The quantitative estimate of drug-likeness (QED) is 0.358. The third-order valence-corrected chi connectivity index (χ3v) is 5.42. The van der Waals surface area contributed by atoms with Crippen molar-refractivity contribution in [2.24, 2.45) is 0 Å². The summed E-state index contributed by atoms with van der Waals surface area (Å²) >= 11 is 7.04. The van der Waals surface area contributed by atoms with Crippen molar-refractivity contribution in [2.45, 2.75) is 5.16 Å². The molecule has 5 nitrogen and oxygen atoms in total. The van der Waals surface area contributed by atoms with Crippen LogP contribution in [-0.2, 0) is 4.79 Å². The van der Waals surface area contributed by atoms with Gasteiger partial charge in [0.15, 0.2) is 0 Å². The van der Waals surface area contributed by atoms with Gasteiger partial charge in [0.2, 0.25) is 11.1 Å². The Hall–Kier alpha value is -3.36. The van der Waals surface area contributed by atoms with Gasteiger partial charge < -0.3 is 5.32 Å². The predicted octanol–water partition coefficient (Wildman–Crippen LogP) is 5.87. The summed E-state index contributed by atoms with van der Waals surface area (Å²) < 4.78 is 26.8. The lowest BCUT2D eigenvalue weighted by molar-refractivity contribution is -0.113. The van der Waals surface area contributed by atoms with Crippen LogP contribution in [0.4, 0.5) is 14.5 Å². The number of thioether (sulfide) groups is 1. The predicted molar refractivity (Wildman–Crippen MR) is 121 cm³/mol. The highest BCUT2D eigenvalue weighted by Crippen LogP contribution is 2.30. The molecule has 0 unspecified atom stereocenters.